The maximum atomic E-state index is 5.91. The highest BCUT2D eigenvalue weighted by molar-refractivity contribution is 5.77. The lowest BCUT2D eigenvalue weighted by Crippen LogP contribution is -2.05. The van der Waals surface area contributed by atoms with E-state index in [9.17, 15) is 0 Å². The van der Waals surface area contributed by atoms with Gasteiger partial charge < -0.3 is 13.9 Å². The van der Waals surface area contributed by atoms with Gasteiger partial charge in [0, 0.05) is 5.56 Å². The van der Waals surface area contributed by atoms with Crippen LogP contribution in [0.5, 0.6) is 11.9 Å². The number of benzene rings is 1. The molecule has 3 aromatic rings. The van der Waals surface area contributed by atoms with Crippen LogP contribution in [-0.4, -0.2) is 28.2 Å². The van der Waals surface area contributed by atoms with Crippen LogP contribution in [0, 0.1) is 12.8 Å². The number of unbranched alkanes of at least 4 members (excludes halogenated alkanes) is 1. The molecule has 0 amide bonds. The van der Waals surface area contributed by atoms with Crippen LogP contribution < -0.4 is 9.47 Å². The molecule has 0 unspecified atom stereocenters. The molecule has 1 aromatic carbocycles. The first kappa shape index (κ1) is 17.5. The standard InChI is InChI=1S/C21H23N3O3/c1-3-4-5-11-25-21-23-19(26-13-15-9-10-15)17-20(24-21)27-18(22-17)16-8-6-7-14(2)12-16/h3,6-8,12,15H,1,4-5,9-11,13H2,2H3. The molecule has 1 aliphatic rings. The summed E-state index contributed by atoms with van der Waals surface area (Å²) in [7, 11) is 0. The first-order chi connectivity index (χ1) is 13.2. The second-order valence-electron chi connectivity index (χ2n) is 6.89. The number of hydrogen-bond donors (Lipinski definition) is 0. The summed E-state index contributed by atoms with van der Waals surface area (Å²) in [6.07, 6.45) is 6.00. The Morgan fingerprint density at radius 1 is 1.22 bits per heavy atom. The van der Waals surface area contributed by atoms with Gasteiger partial charge in [0.05, 0.1) is 13.2 Å². The first-order valence-electron chi connectivity index (χ1n) is 9.35. The molecule has 0 N–H and O–H groups in total. The van der Waals surface area contributed by atoms with Crippen molar-refractivity contribution in [2.45, 2.75) is 32.6 Å². The smallest absolute Gasteiger partial charge is 0.323 e. The number of rotatable bonds is 9. The molecule has 6 heteroatoms. The molecular weight excluding hydrogens is 342 g/mol. The van der Waals surface area contributed by atoms with Crippen molar-refractivity contribution < 1.29 is 13.9 Å². The predicted molar refractivity (Wildman–Crippen MR) is 103 cm³/mol. The van der Waals surface area contributed by atoms with Crippen molar-refractivity contribution >= 4 is 11.2 Å². The van der Waals surface area contributed by atoms with Crippen LogP contribution >= 0.6 is 0 Å². The number of ether oxygens (including phenoxy) is 2. The highest BCUT2D eigenvalue weighted by atomic mass is 16.5. The number of nitrogens with zero attached hydrogens (tertiary/aromatic N) is 3. The lowest BCUT2D eigenvalue weighted by atomic mass is 10.1. The Kier molecular flexibility index (Phi) is 5.05. The van der Waals surface area contributed by atoms with Crippen molar-refractivity contribution in [1.82, 2.24) is 15.0 Å². The van der Waals surface area contributed by atoms with E-state index < -0.39 is 0 Å². The van der Waals surface area contributed by atoms with Crippen molar-refractivity contribution in [3.8, 4) is 23.3 Å². The van der Waals surface area contributed by atoms with E-state index in [0.717, 1.165) is 24.0 Å². The van der Waals surface area contributed by atoms with Gasteiger partial charge in [0.15, 0.2) is 5.52 Å². The zero-order valence-corrected chi connectivity index (χ0v) is 15.5. The summed E-state index contributed by atoms with van der Waals surface area (Å²) in [5.41, 5.74) is 2.95. The number of hydrogen-bond acceptors (Lipinski definition) is 6. The van der Waals surface area contributed by atoms with Gasteiger partial charge in [-0.05, 0) is 50.7 Å². The molecule has 140 valence electrons. The maximum absolute atomic E-state index is 5.91. The van der Waals surface area contributed by atoms with Crippen LogP contribution in [0.2, 0.25) is 0 Å². The molecule has 1 aliphatic carbocycles. The largest absolute Gasteiger partial charge is 0.476 e. The number of aryl methyl sites for hydroxylation is 1. The summed E-state index contributed by atoms with van der Waals surface area (Å²) in [5.74, 6) is 1.53. The Hall–Kier alpha value is -2.89. The molecule has 0 aliphatic heterocycles. The summed E-state index contributed by atoms with van der Waals surface area (Å²) in [4.78, 5) is 13.4. The summed E-state index contributed by atoms with van der Waals surface area (Å²) in [6, 6.07) is 8.25. The van der Waals surface area contributed by atoms with Crippen LogP contribution in [0.15, 0.2) is 41.3 Å². The third-order valence-electron chi connectivity index (χ3n) is 4.41. The number of aromatic nitrogens is 3. The van der Waals surface area contributed by atoms with E-state index in [-0.39, 0.29) is 6.01 Å². The SMILES string of the molecule is C=CCCCOc1nc(OCC2CC2)c2nc(-c3cccc(C)c3)oc2n1. The van der Waals surface area contributed by atoms with Gasteiger partial charge in [-0.2, -0.15) is 9.97 Å². The molecule has 4 rings (SSSR count). The minimum atomic E-state index is 0.254. The van der Waals surface area contributed by atoms with Crippen molar-refractivity contribution in [1.29, 1.82) is 0 Å². The summed E-state index contributed by atoms with van der Waals surface area (Å²) >= 11 is 0. The minimum absolute atomic E-state index is 0.254. The van der Waals surface area contributed by atoms with Crippen LogP contribution in [0.3, 0.4) is 0 Å². The molecule has 6 nitrogen and oxygen atoms in total. The molecule has 27 heavy (non-hydrogen) atoms. The van der Waals surface area contributed by atoms with Gasteiger partial charge in [-0.1, -0.05) is 23.8 Å². The lowest BCUT2D eigenvalue weighted by Gasteiger charge is -2.07. The van der Waals surface area contributed by atoms with E-state index in [1.165, 1.54) is 12.8 Å². The normalized spacial score (nSPS) is 13.7. The van der Waals surface area contributed by atoms with Gasteiger partial charge in [0.25, 0.3) is 11.6 Å². The third kappa shape index (κ3) is 4.27. The van der Waals surface area contributed by atoms with Gasteiger partial charge >= 0.3 is 6.01 Å². The molecule has 0 spiro atoms. The zero-order valence-electron chi connectivity index (χ0n) is 15.5. The molecule has 0 saturated heterocycles. The molecule has 1 fully saturated rings. The molecule has 0 radical (unpaired) electrons. The van der Waals surface area contributed by atoms with E-state index in [2.05, 4.69) is 21.5 Å². The third-order valence-corrected chi connectivity index (χ3v) is 4.41. The topological polar surface area (TPSA) is 70.3 Å². The number of fused-ring (bicyclic) bond motifs is 1. The van der Waals surface area contributed by atoms with Gasteiger partial charge in [-0.25, -0.2) is 4.98 Å². The first-order valence-corrected chi connectivity index (χ1v) is 9.35. The molecule has 0 atom stereocenters. The number of allylic oxidation sites excluding steroid dienone is 1. The van der Waals surface area contributed by atoms with E-state index in [4.69, 9.17) is 13.9 Å². The Morgan fingerprint density at radius 2 is 2.11 bits per heavy atom. The average Bonchev–Trinajstić information content (AvgIpc) is 3.40. The van der Waals surface area contributed by atoms with Crippen molar-refractivity contribution in [2.24, 2.45) is 5.92 Å². The summed E-state index contributed by atoms with van der Waals surface area (Å²) in [6.45, 7) is 6.89. The van der Waals surface area contributed by atoms with Gasteiger partial charge in [0.2, 0.25) is 5.89 Å². The maximum Gasteiger partial charge on any atom is 0.323 e. The fourth-order valence-electron chi connectivity index (χ4n) is 2.72. The molecule has 2 heterocycles. The minimum Gasteiger partial charge on any atom is -0.476 e. The molecular formula is C21H23N3O3. The fraction of sp³-hybridized carbons (Fsp3) is 0.381. The van der Waals surface area contributed by atoms with Crippen LogP contribution in [0.1, 0.15) is 31.2 Å². The van der Waals surface area contributed by atoms with E-state index in [0.29, 0.717) is 42.1 Å². The predicted octanol–water partition coefficient (Wildman–Crippen LogP) is 4.73. The lowest BCUT2D eigenvalue weighted by molar-refractivity contribution is 0.264. The Labute approximate surface area is 158 Å². The van der Waals surface area contributed by atoms with Crippen LogP contribution in [0.4, 0.5) is 0 Å². The van der Waals surface area contributed by atoms with E-state index >= 15 is 0 Å². The quantitative estimate of drug-likeness (QED) is 0.403. The van der Waals surface area contributed by atoms with Crippen LogP contribution in [-0.2, 0) is 0 Å². The Balaban J connectivity index is 1.65. The summed E-state index contributed by atoms with van der Waals surface area (Å²) < 4.78 is 17.5. The van der Waals surface area contributed by atoms with Crippen LogP contribution in [0.25, 0.3) is 22.7 Å². The van der Waals surface area contributed by atoms with E-state index in [1.807, 2.05) is 37.3 Å². The van der Waals surface area contributed by atoms with Crippen molar-refractivity contribution in [3.05, 3.63) is 42.5 Å². The summed E-state index contributed by atoms with van der Waals surface area (Å²) in [5, 5.41) is 0. The second-order valence-corrected chi connectivity index (χ2v) is 6.89. The second kappa shape index (κ2) is 7.78. The number of oxazole rings is 1. The highest BCUT2D eigenvalue weighted by Gasteiger charge is 2.24. The zero-order chi connectivity index (χ0) is 18.6. The Bertz CT molecular complexity index is 947. The van der Waals surface area contributed by atoms with Gasteiger partial charge in [-0.15, -0.1) is 6.58 Å². The van der Waals surface area contributed by atoms with Gasteiger partial charge in [-0.3, -0.25) is 0 Å². The molecule has 0 bridgehead atoms. The van der Waals surface area contributed by atoms with Crippen molar-refractivity contribution in [3.63, 3.8) is 0 Å². The fourth-order valence-corrected chi connectivity index (χ4v) is 2.72. The van der Waals surface area contributed by atoms with Gasteiger partial charge in [0.1, 0.15) is 0 Å². The Morgan fingerprint density at radius 3 is 2.89 bits per heavy atom. The monoisotopic (exact) mass is 365 g/mol. The molecule has 2 aromatic heterocycles. The molecule has 1 saturated carbocycles. The highest BCUT2D eigenvalue weighted by Crippen LogP contribution is 2.33. The average molecular weight is 365 g/mol. The van der Waals surface area contributed by atoms with E-state index in [1.54, 1.807) is 0 Å². The van der Waals surface area contributed by atoms with Crippen molar-refractivity contribution in [2.75, 3.05) is 13.2 Å².